The van der Waals surface area contributed by atoms with Crippen LogP contribution in [0.4, 0.5) is 0 Å². The maximum Gasteiger partial charge on any atom is 0.251 e. The minimum absolute atomic E-state index is 0.189. The molecule has 1 heterocycles. The number of aromatic nitrogens is 1. The van der Waals surface area contributed by atoms with Crippen LogP contribution in [0.15, 0.2) is 53.1 Å². The molecule has 0 aliphatic carbocycles. The van der Waals surface area contributed by atoms with Crippen LogP contribution in [0.5, 0.6) is 17.2 Å². The highest BCUT2D eigenvalue weighted by molar-refractivity contribution is 5.94. The predicted octanol–water partition coefficient (Wildman–Crippen LogP) is 4.47. The van der Waals surface area contributed by atoms with Crippen molar-refractivity contribution in [2.45, 2.75) is 26.3 Å². The number of benzene rings is 2. The molecule has 1 amide bonds. The number of methoxy groups -OCH3 is 2. The first kappa shape index (κ1) is 21.2. The van der Waals surface area contributed by atoms with E-state index in [2.05, 4.69) is 17.4 Å². The van der Waals surface area contributed by atoms with Gasteiger partial charge in [0.15, 0.2) is 17.3 Å². The Kier molecular flexibility index (Phi) is 7.32. The van der Waals surface area contributed by atoms with Crippen molar-refractivity contribution in [3.63, 3.8) is 0 Å². The van der Waals surface area contributed by atoms with E-state index in [0.717, 1.165) is 24.2 Å². The van der Waals surface area contributed by atoms with Crippen LogP contribution in [-0.4, -0.2) is 31.9 Å². The summed E-state index contributed by atoms with van der Waals surface area (Å²) in [5.41, 5.74) is 1.98. The molecule has 1 aromatic heterocycles. The minimum Gasteiger partial charge on any atom is -0.494 e. The molecular weight excluding hydrogens is 384 g/mol. The molecule has 0 saturated heterocycles. The summed E-state index contributed by atoms with van der Waals surface area (Å²) in [6.07, 6.45) is 2.08. The molecule has 0 spiro atoms. The first-order valence-corrected chi connectivity index (χ1v) is 9.83. The Morgan fingerprint density at radius 1 is 1.03 bits per heavy atom. The van der Waals surface area contributed by atoms with Crippen LogP contribution < -0.4 is 19.5 Å². The highest BCUT2D eigenvalue weighted by atomic mass is 16.5. The number of amides is 1. The third-order valence-corrected chi connectivity index (χ3v) is 4.54. The van der Waals surface area contributed by atoms with Crippen molar-refractivity contribution < 1.29 is 23.5 Å². The molecule has 0 aliphatic heterocycles. The molecule has 0 radical (unpaired) electrons. The lowest BCUT2D eigenvalue weighted by molar-refractivity contribution is 0.0950. The van der Waals surface area contributed by atoms with E-state index >= 15 is 0 Å². The van der Waals surface area contributed by atoms with Crippen molar-refractivity contribution in [2.75, 3.05) is 20.8 Å². The topological polar surface area (TPSA) is 82.8 Å². The van der Waals surface area contributed by atoms with Crippen molar-refractivity contribution in [1.29, 1.82) is 0 Å². The molecule has 30 heavy (non-hydrogen) atoms. The minimum atomic E-state index is -0.189. The molecular formula is C23H26N2O5. The highest BCUT2D eigenvalue weighted by Crippen LogP contribution is 2.32. The fraction of sp³-hybridized carbons (Fsp3) is 0.304. The van der Waals surface area contributed by atoms with Crippen LogP contribution in [0.2, 0.25) is 0 Å². The number of carbonyl (C=O) groups excluding carboxylic acids is 1. The van der Waals surface area contributed by atoms with Gasteiger partial charge in [0, 0.05) is 17.2 Å². The van der Waals surface area contributed by atoms with Crippen molar-refractivity contribution in [1.82, 2.24) is 10.5 Å². The molecule has 0 aliphatic rings. The largest absolute Gasteiger partial charge is 0.494 e. The van der Waals surface area contributed by atoms with Gasteiger partial charge in [0.05, 0.1) is 27.4 Å². The van der Waals surface area contributed by atoms with Gasteiger partial charge >= 0.3 is 0 Å². The Balaban J connectivity index is 1.58. The van der Waals surface area contributed by atoms with Gasteiger partial charge in [-0.25, -0.2) is 0 Å². The highest BCUT2D eigenvalue weighted by Gasteiger charge is 2.12. The third-order valence-electron chi connectivity index (χ3n) is 4.54. The molecule has 3 rings (SSSR count). The number of ether oxygens (including phenoxy) is 3. The van der Waals surface area contributed by atoms with Crippen LogP contribution in [-0.2, 0) is 6.54 Å². The summed E-state index contributed by atoms with van der Waals surface area (Å²) in [5, 5.41) is 6.88. The smallest absolute Gasteiger partial charge is 0.251 e. The Bertz CT molecular complexity index is 966. The first-order chi connectivity index (χ1) is 14.6. The fourth-order valence-electron chi connectivity index (χ4n) is 2.83. The van der Waals surface area contributed by atoms with Crippen LogP contribution in [0, 0.1) is 0 Å². The summed E-state index contributed by atoms with van der Waals surface area (Å²) in [7, 11) is 3.16. The molecule has 158 valence electrons. The van der Waals surface area contributed by atoms with Crippen molar-refractivity contribution in [2.24, 2.45) is 0 Å². The van der Waals surface area contributed by atoms with Gasteiger partial charge in [0.1, 0.15) is 11.4 Å². The average Bonchev–Trinajstić information content (AvgIpc) is 3.26. The zero-order valence-electron chi connectivity index (χ0n) is 17.4. The Labute approximate surface area is 175 Å². The van der Waals surface area contributed by atoms with Crippen molar-refractivity contribution >= 4 is 5.91 Å². The van der Waals surface area contributed by atoms with E-state index in [1.54, 1.807) is 50.6 Å². The molecule has 7 heteroatoms. The maximum absolute atomic E-state index is 12.4. The van der Waals surface area contributed by atoms with Gasteiger partial charge in [-0.2, -0.15) is 0 Å². The molecule has 0 unspecified atom stereocenters. The van der Waals surface area contributed by atoms with Gasteiger partial charge in [-0.3, -0.25) is 4.79 Å². The molecule has 0 bridgehead atoms. The van der Waals surface area contributed by atoms with E-state index < -0.39 is 0 Å². The number of unbranched alkanes of at least 4 members (excludes halogenated alkanes) is 1. The molecule has 7 nitrogen and oxygen atoms in total. The lowest BCUT2D eigenvalue weighted by Gasteiger charge is -2.07. The van der Waals surface area contributed by atoms with Crippen LogP contribution in [0.3, 0.4) is 0 Å². The summed E-state index contributed by atoms with van der Waals surface area (Å²) in [5.74, 6) is 2.38. The molecule has 3 aromatic rings. The van der Waals surface area contributed by atoms with Crippen molar-refractivity contribution in [3.8, 4) is 28.6 Å². The predicted molar refractivity (Wildman–Crippen MR) is 113 cm³/mol. The van der Waals surface area contributed by atoms with Crippen LogP contribution >= 0.6 is 0 Å². The number of nitrogens with zero attached hydrogens (tertiary/aromatic N) is 1. The van der Waals surface area contributed by atoms with Crippen molar-refractivity contribution in [3.05, 3.63) is 59.8 Å². The average molecular weight is 410 g/mol. The SMILES string of the molecule is CCCCOc1ccc(C(=O)NCc2cc(-c3ccc(OC)c(OC)c3)on2)cc1. The summed E-state index contributed by atoms with van der Waals surface area (Å²) in [6, 6.07) is 14.3. The monoisotopic (exact) mass is 410 g/mol. The molecule has 0 saturated carbocycles. The van der Waals surface area contributed by atoms with Gasteiger partial charge in [-0.15, -0.1) is 0 Å². The lowest BCUT2D eigenvalue weighted by Crippen LogP contribution is -2.22. The second-order valence-electron chi connectivity index (χ2n) is 6.66. The molecule has 1 N–H and O–H groups in total. The number of carbonyl (C=O) groups is 1. The zero-order valence-corrected chi connectivity index (χ0v) is 17.4. The molecule has 2 aromatic carbocycles. The molecule has 0 atom stereocenters. The van der Waals surface area contributed by atoms with E-state index in [-0.39, 0.29) is 12.5 Å². The second kappa shape index (κ2) is 10.3. The number of rotatable bonds is 10. The Morgan fingerprint density at radius 3 is 2.50 bits per heavy atom. The van der Waals surface area contributed by atoms with Crippen LogP contribution in [0.1, 0.15) is 35.8 Å². The number of hydrogen-bond acceptors (Lipinski definition) is 6. The van der Waals surface area contributed by atoms with E-state index in [4.69, 9.17) is 18.7 Å². The zero-order chi connectivity index (χ0) is 21.3. The van der Waals surface area contributed by atoms with Gasteiger partial charge in [-0.1, -0.05) is 18.5 Å². The van der Waals surface area contributed by atoms with Gasteiger partial charge in [0.25, 0.3) is 5.91 Å². The lowest BCUT2D eigenvalue weighted by atomic mass is 10.1. The number of nitrogens with one attached hydrogen (secondary N) is 1. The molecule has 0 fully saturated rings. The summed E-state index contributed by atoms with van der Waals surface area (Å²) in [6.45, 7) is 3.05. The fourth-order valence-corrected chi connectivity index (χ4v) is 2.83. The normalized spacial score (nSPS) is 10.5. The Hall–Kier alpha value is -3.48. The van der Waals surface area contributed by atoms with E-state index in [0.29, 0.717) is 35.1 Å². The Morgan fingerprint density at radius 2 is 1.80 bits per heavy atom. The quantitative estimate of drug-likeness (QED) is 0.497. The summed E-state index contributed by atoms with van der Waals surface area (Å²) < 4.78 is 21.6. The van der Waals surface area contributed by atoms with Gasteiger partial charge in [-0.05, 0) is 48.9 Å². The van der Waals surface area contributed by atoms with E-state index in [9.17, 15) is 4.79 Å². The van der Waals surface area contributed by atoms with E-state index in [1.807, 2.05) is 12.1 Å². The van der Waals surface area contributed by atoms with E-state index in [1.165, 1.54) is 0 Å². The first-order valence-electron chi connectivity index (χ1n) is 9.83. The summed E-state index contributed by atoms with van der Waals surface area (Å²) in [4.78, 5) is 12.4. The van der Waals surface area contributed by atoms with Gasteiger partial charge < -0.3 is 24.1 Å². The van der Waals surface area contributed by atoms with Gasteiger partial charge in [0.2, 0.25) is 0 Å². The standard InChI is InChI=1S/C23H26N2O5/c1-4-5-12-29-19-9-6-16(7-10-19)23(26)24-15-18-14-21(30-25-18)17-8-11-20(27-2)22(13-17)28-3/h6-11,13-14H,4-5,12,15H2,1-3H3,(H,24,26). The summed E-state index contributed by atoms with van der Waals surface area (Å²) >= 11 is 0. The second-order valence-corrected chi connectivity index (χ2v) is 6.66. The third kappa shape index (κ3) is 5.31. The number of hydrogen-bond donors (Lipinski definition) is 1. The maximum atomic E-state index is 12.4. The van der Waals surface area contributed by atoms with Crippen LogP contribution in [0.25, 0.3) is 11.3 Å².